The van der Waals surface area contributed by atoms with Gasteiger partial charge in [-0.1, -0.05) is 43.7 Å². The van der Waals surface area contributed by atoms with Crippen LogP contribution in [-0.2, 0) is 28.8 Å². The monoisotopic (exact) mass is 443 g/mol. The molecule has 0 amide bonds. The first-order valence-electron chi connectivity index (χ1n) is 11.8. The second kappa shape index (κ2) is 8.12. The molecule has 1 aliphatic carbocycles. The van der Waals surface area contributed by atoms with Crippen molar-refractivity contribution in [1.29, 1.82) is 0 Å². The van der Waals surface area contributed by atoms with Crippen LogP contribution in [0, 0.1) is 30.6 Å². The minimum Gasteiger partial charge on any atom is -0.465 e. The number of ether oxygens (including phenoxy) is 3. The average molecular weight is 444 g/mol. The molecule has 5 aliphatic rings. The Bertz CT molecular complexity index is 887. The zero-order valence-electron chi connectivity index (χ0n) is 19.3. The molecule has 4 aliphatic heterocycles. The summed E-state index contributed by atoms with van der Waals surface area (Å²) in [6.45, 7) is 9.03. The van der Waals surface area contributed by atoms with E-state index in [0.717, 1.165) is 36.8 Å². The standard InChI is InChI=1S/C25H33NO6/c1-15-5-8-18(9-6-15)21(13-28-14-27)26-22-17(3)20-10-7-16(2)19-11-12-24(4)30-23(29-22)25(19,20)32-31-24/h5-6,8-9,14,16-17,19-21,23H,7,10-13H2,1-4H3/t16-,17-,19?,20?,21?,23-,24+,25?/m0/s1. The van der Waals surface area contributed by atoms with E-state index in [2.05, 4.69) is 13.8 Å². The van der Waals surface area contributed by atoms with Crippen molar-refractivity contribution in [3.05, 3.63) is 35.4 Å². The van der Waals surface area contributed by atoms with Gasteiger partial charge in [0, 0.05) is 24.2 Å². The predicted molar refractivity (Wildman–Crippen MR) is 116 cm³/mol. The van der Waals surface area contributed by atoms with Crippen molar-refractivity contribution in [1.82, 2.24) is 0 Å². The molecule has 4 unspecified atom stereocenters. The summed E-state index contributed by atoms with van der Waals surface area (Å²) in [4.78, 5) is 28.0. The van der Waals surface area contributed by atoms with Gasteiger partial charge in [-0.15, -0.1) is 0 Å². The van der Waals surface area contributed by atoms with Crippen LogP contribution >= 0.6 is 0 Å². The van der Waals surface area contributed by atoms with Crippen LogP contribution in [0.15, 0.2) is 29.3 Å². The molecule has 4 heterocycles. The highest BCUT2D eigenvalue weighted by molar-refractivity contribution is 5.80. The lowest BCUT2D eigenvalue weighted by Crippen LogP contribution is -2.69. The Labute approximate surface area is 189 Å². The van der Waals surface area contributed by atoms with Gasteiger partial charge < -0.3 is 14.2 Å². The normalized spacial score (nSPS) is 42.5. The number of fused-ring (bicyclic) bond motifs is 2. The SMILES string of the molecule is Cc1ccc(C(COC=O)N=C2O[C@H]3O[C@@]4(C)CCC5[C@@H](C)CCC([C@@H]2C)C53OO4)cc1. The first kappa shape index (κ1) is 21.9. The minimum atomic E-state index is -0.819. The van der Waals surface area contributed by atoms with Gasteiger partial charge in [-0.2, -0.15) is 0 Å². The molecule has 1 spiro atoms. The Morgan fingerprint density at radius 1 is 1.16 bits per heavy atom. The van der Waals surface area contributed by atoms with Gasteiger partial charge in [-0.25, -0.2) is 14.8 Å². The van der Waals surface area contributed by atoms with Crippen LogP contribution in [-0.4, -0.2) is 36.7 Å². The fourth-order valence-corrected chi connectivity index (χ4v) is 6.20. The quantitative estimate of drug-likeness (QED) is 0.493. The first-order valence-corrected chi connectivity index (χ1v) is 11.8. The van der Waals surface area contributed by atoms with E-state index >= 15 is 0 Å². The van der Waals surface area contributed by atoms with Gasteiger partial charge in [-0.05, 0) is 44.6 Å². The molecule has 0 aromatic heterocycles. The summed E-state index contributed by atoms with van der Waals surface area (Å²) in [5, 5.41) is 0. The topological polar surface area (TPSA) is 75.6 Å². The van der Waals surface area contributed by atoms with Gasteiger partial charge in [-0.3, -0.25) is 4.79 Å². The van der Waals surface area contributed by atoms with E-state index in [1.165, 1.54) is 0 Å². The molecular weight excluding hydrogens is 410 g/mol. The molecule has 5 fully saturated rings. The molecule has 7 nitrogen and oxygen atoms in total. The van der Waals surface area contributed by atoms with E-state index in [-0.39, 0.29) is 24.5 Å². The smallest absolute Gasteiger partial charge is 0.293 e. The van der Waals surface area contributed by atoms with Gasteiger partial charge in [0.05, 0.1) is 0 Å². The number of nitrogens with zero attached hydrogens (tertiary/aromatic N) is 1. The zero-order valence-corrected chi connectivity index (χ0v) is 19.3. The van der Waals surface area contributed by atoms with Gasteiger partial charge in [0.15, 0.2) is 11.5 Å². The highest BCUT2D eigenvalue weighted by Crippen LogP contribution is 2.60. The number of carbonyl (C=O) groups excluding carboxylic acids is 1. The van der Waals surface area contributed by atoms with Crippen LogP contribution in [0.25, 0.3) is 0 Å². The largest absolute Gasteiger partial charge is 0.465 e. The molecule has 174 valence electrons. The lowest BCUT2D eigenvalue weighted by Gasteiger charge is -2.58. The van der Waals surface area contributed by atoms with E-state index < -0.39 is 17.7 Å². The van der Waals surface area contributed by atoms with Crippen LogP contribution in [0.1, 0.15) is 63.6 Å². The molecule has 6 rings (SSSR count). The van der Waals surface area contributed by atoms with E-state index in [4.69, 9.17) is 29.0 Å². The summed E-state index contributed by atoms with van der Waals surface area (Å²) in [6.07, 6.45) is 3.34. The number of aryl methyl sites for hydroxylation is 1. The van der Waals surface area contributed by atoms with E-state index in [0.29, 0.717) is 24.2 Å². The average Bonchev–Trinajstić information content (AvgIpc) is 3.01. The second-order valence-corrected chi connectivity index (χ2v) is 10.1. The van der Waals surface area contributed by atoms with E-state index in [1.54, 1.807) is 0 Å². The Morgan fingerprint density at radius 3 is 2.69 bits per heavy atom. The molecule has 8 atom stereocenters. The van der Waals surface area contributed by atoms with Crippen molar-refractivity contribution in [3.63, 3.8) is 0 Å². The molecule has 0 radical (unpaired) electrons. The predicted octanol–water partition coefficient (Wildman–Crippen LogP) is 4.49. The van der Waals surface area contributed by atoms with E-state index in [9.17, 15) is 4.79 Å². The van der Waals surface area contributed by atoms with Gasteiger partial charge >= 0.3 is 0 Å². The maximum atomic E-state index is 10.9. The van der Waals surface area contributed by atoms with Gasteiger partial charge in [0.1, 0.15) is 12.6 Å². The summed E-state index contributed by atoms with van der Waals surface area (Å²) in [5.74, 6) is 0.844. The molecular formula is C25H33NO6. The summed E-state index contributed by atoms with van der Waals surface area (Å²) < 4.78 is 18.0. The number of aliphatic imine (C=N–C) groups is 1. The van der Waals surface area contributed by atoms with Gasteiger partial charge in [0.2, 0.25) is 12.1 Å². The molecule has 7 heteroatoms. The molecule has 2 bridgehead atoms. The molecule has 32 heavy (non-hydrogen) atoms. The highest BCUT2D eigenvalue weighted by atomic mass is 17.3. The van der Waals surface area contributed by atoms with E-state index in [1.807, 2.05) is 38.1 Å². The Kier molecular flexibility index (Phi) is 5.55. The molecule has 4 saturated heterocycles. The first-order chi connectivity index (χ1) is 15.4. The van der Waals surface area contributed by atoms with Crippen LogP contribution in [0.3, 0.4) is 0 Å². The number of benzene rings is 1. The lowest BCUT2D eigenvalue weighted by molar-refractivity contribution is -0.557. The summed E-state index contributed by atoms with van der Waals surface area (Å²) >= 11 is 0. The molecule has 1 aromatic rings. The van der Waals surface area contributed by atoms with Crippen LogP contribution in [0.4, 0.5) is 0 Å². The number of hydrogen-bond acceptors (Lipinski definition) is 7. The van der Waals surface area contributed by atoms with Crippen molar-refractivity contribution in [2.45, 2.75) is 77.1 Å². The summed E-state index contributed by atoms with van der Waals surface area (Å²) in [7, 11) is 0. The molecule has 1 aromatic carbocycles. The van der Waals surface area contributed by atoms with Crippen LogP contribution in [0.5, 0.6) is 0 Å². The Balaban J connectivity index is 1.52. The van der Waals surface area contributed by atoms with Crippen LogP contribution in [0.2, 0.25) is 0 Å². The summed E-state index contributed by atoms with van der Waals surface area (Å²) in [6, 6.07) is 7.77. The molecule has 0 N–H and O–H groups in total. The number of rotatable bonds is 5. The second-order valence-electron chi connectivity index (χ2n) is 10.1. The third kappa shape index (κ3) is 3.45. The third-order valence-corrected chi connectivity index (χ3v) is 8.06. The third-order valence-electron chi connectivity index (χ3n) is 8.06. The van der Waals surface area contributed by atoms with Crippen molar-refractivity contribution in [3.8, 4) is 0 Å². The number of hydrogen-bond donors (Lipinski definition) is 0. The van der Waals surface area contributed by atoms with Crippen molar-refractivity contribution in [2.75, 3.05) is 6.61 Å². The summed E-state index contributed by atoms with van der Waals surface area (Å²) in [5.41, 5.74) is 1.52. The lowest BCUT2D eigenvalue weighted by atomic mass is 9.58. The van der Waals surface area contributed by atoms with Crippen molar-refractivity contribution >= 4 is 12.4 Å². The fraction of sp³-hybridized carbons (Fsp3) is 0.680. The van der Waals surface area contributed by atoms with Gasteiger partial charge in [0.25, 0.3) is 6.47 Å². The minimum absolute atomic E-state index is 0.0279. The highest BCUT2D eigenvalue weighted by Gasteiger charge is 2.69. The van der Waals surface area contributed by atoms with Crippen molar-refractivity contribution in [2.24, 2.45) is 28.7 Å². The van der Waals surface area contributed by atoms with Crippen molar-refractivity contribution < 1.29 is 28.8 Å². The zero-order chi connectivity index (χ0) is 22.5. The maximum Gasteiger partial charge on any atom is 0.293 e. The maximum absolute atomic E-state index is 10.9. The van der Waals surface area contributed by atoms with Crippen LogP contribution < -0.4 is 0 Å². The Hall–Kier alpha value is -1.96. The fourth-order valence-electron chi connectivity index (χ4n) is 6.20. The Morgan fingerprint density at radius 2 is 1.94 bits per heavy atom. The molecule has 1 saturated carbocycles. The number of carbonyl (C=O) groups is 1.